The molecule has 0 saturated carbocycles. The minimum absolute atomic E-state index is 0.0669. The van der Waals surface area contributed by atoms with Crippen LogP contribution in [0.15, 0.2) is 76.2 Å². The number of ether oxygens (including phenoxy) is 1. The quantitative estimate of drug-likeness (QED) is 0.420. The van der Waals surface area contributed by atoms with Crippen molar-refractivity contribution in [2.75, 3.05) is 12.0 Å². The first-order valence-electron chi connectivity index (χ1n) is 11.3. The van der Waals surface area contributed by atoms with E-state index in [0.29, 0.717) is 18.2 Å². The SMILES string of the molecule is COc1ccc(CN2C(=O)CC(c3ncc(C)o3)=Cc3ccc(-c4ccn(C)c(=O)c4)cc32)cc1. The van der Waals surface area contributed by atoms with Crippen molar-refractivity contribution in [3.63, 3.8) is 0 Å². The molecule has 3 heterocycles. The molecule has 35 heavy (non-hydrogen) atoms. The molecule has 2 aromatic heterocycles. The summed E-state index contributed by atoms with van der Waals surface area (Å²) in [7, 11) is 3.34. The van der Waals surface area contributed by atoms with Gasteiger partial charge in [0.1, 0.15) is 11.5 Å². The van der Waals surface area contributed by atoms with Gasteiger partial charge in [0.25, 0.3) is 5.56 Å². The molecule has 0 atom stereocenters. The predicted molar refractivity (Wildman–Crippen MR) is 135 cm³/mol. The van der Waals surface area contributed by atoms with Crippen LogP contribution in [0.25, 0.3) is 22.8 Å². The van der Waals surface area contributed by atoms with Gasteiger partial charge in [0.15, 0.2) is 0 Å². The van der Waals surface area contributed by atoms with E-state index in [4.69, 9.17) is 9.15 Å². The van der Waals surface area contributed by atoms with Gasteiger partial charge in [-0.2, -0.15) is 0 Å². The Labute approximate surface area is 202 Å². The van der Waals surface area contributed by atoms with Gasteiger partial charge in [-0.25, -0.2) is 4.98 Å². The lowest BCUT2D eigenvalue weighted by Crippen LogP contribution is -2.30. The van der Waals surface area contributed by atoms with E-state index in [0.717, 1.165) is 39.3 Å². The summed E-state index contributed by atoms with van der Waals surface area (Å²) in [6.45, 7) is 2.22. The zero-order valence-corrected chi connectivity index (χ0v) is 19.8. The van der Waals surface area contributed by atoms with E-state index in [2.05, 4.69) is 4.98 Å². The summed E-state index contributed by atoms with van der Waals surface area (Å²) in [4.78, 5) is 31.9. The van der Waals surface area contributed by atoms with E-state index in [1.54, 1.807) is 37.5 Å². The molecule has 2 aromatic carbocycles. The van der Waals surface area contributed by atoms with Crippen LogP contribution in [0.2, 0.25) is 0 Å². The van der Waals surface area contributed by atoms with E-state index < -0.39 is 0 Å². The molecular formula is C28H25N3O4. The zero-order chi connectivity index (χ0) is 24.5. The average Bonchev–Trinajstić information content (AvgIpc) is 3.25. The number of rotatable bonds is 5. The fraction of sp³-hybridized carbons (Fsp3) is 0.179. The molecule has 0 unspecified atom stereocenters. The second-order valence-corrected chi connectivity index (χ2v) is 8.59. The molecule has 0 saturated heterocycles. The van der Waals surface area contributed by atoms with Gasteiger partial charge < -0.3 is 18.6 Å². The number of methoxy groups -OCH3 is 1. The van der Waals surface area contributed by atoms with E-state index in [-0.39, 0.29) is 17.9 Å². The van der Waals surface area contributed by atoms with Crippen molar-refractivity contribution in [2.24, 2.45) is 7.05 Å². The Hall–Kier alpha value is -4.39. The van der Waals surface area contributed by atoms with Gasteiger partial charge in [0.2, 0.25) is 11.8 Å². The lowest BCUT2D eigenvalue weighted by molar-refractivity contribution is -0.117. The predicted octanol–water partition coefficient (Wildman–Crippen LogP) is 4.83. The number of aryl methyl sites for hydroxylation is 2. The van der Waals surface area contributed by atoms with Gasteiger partial charge in [0, 0.05) is 24.9 Å². The molecule has 0 spiro atoms. The molecule has 0 radical (unpaired) electrons. The highest BCUT2D eigenvalue weighted by Gasteiger charge is 2.26. The number of oxazole rings is 1. The summed E-state index contributed by atoms with van der Waals surface area (Å²) in [6.07, 6.45) is 5.51. The summed E-state index contributed by atoms with van der Waals surface area (Å²) in [5, 5.41) is 0. The highest BCUT2D eigenvalue weighted by molar-refractivity contribution is 6.06. The standard InChI is InChI=1S/C28H25N3O4/c1-18-16-29-28(35-18)23-12-22-7-6-20(21-10-11-30(2)26(32)14-21)13-25(22)31(27(33)15-23)17-19-4-8-24(34-3)9-5-19/h4-14,16H,15,17H2,1-3H3. The lowest BCUT2D eigenvalue weighted by atomic mass is 10.0. The molecule has 1 aliphatic rings. The monoisotopic (exact) mass is 467 g/mol. The molecule has 7 nitrogen and oxygen atoms in total. The number of hydrogen-bond acceptors (Lipinski definition) is 5. The van der Waals surface area contributed by atoms with Crippen LogP contribution < -0.4 is 15.2 Å². The van der Waals surface area contributed by atoms with Gasteiger partial charge in [-0.3, -0.25) is 9.59 Å². The van der Waals surface area contributed by atoms with Gasteiger partial charge in [-0.15, -0.1) is 0 Å². The van der Waals surface area contributed by atoms with E-state index in [1.807, 2.05) is 61.5 Å². The number of carbonyl (C=O) groups excluding carboxylic acids is 1. The third-order valence-electron chi connectivity index (χ3n) is 6.13. The molecule has 176 valence electrons. The number of anilines is 1. The van der Waals surface area contributed by atoms with Crippen molar-refractivity contribution < 1.29 is 13.9 Å². The summed E-state index contributed by atoms with van der Waals surface area (Å²) in [5.41, 5.74) is 4.90. The highest BCUT2D eigenvalue weighted by atomic mass is 16.5. The minimum atomic E-state index is -0.0925. The van der Waals surface area contributed by atoms with Gasteiger partial charge >= 0.3 is 0 Å². The molecule has 7 heteroatoms. The van der Waals surface area contributed by atoms with Crippen molar-refractivity contribution in [1.82, 2.24) is 9.55 Å². The number of hydrogen-bond donors (Lipinski definition) is 0. The number of fused-ring (bicyclic) bond motifs is 1. The number of carbonyl (C=O) groups is 1. The van der Waals surface area contributed by atoms with Gasteiger partial charge in [-0.05, 0) is 59.5 Å². The Morgan fingerprint density at radius 1 is 1.03 bits per heavy atom. The van der Waals surface area contributed by atoms with E-state index in [9.17, 15) is 9.59 Å². The Bertz CT molecular complexity index is 1500. The molecule has 0 aliphatic carbocycles. The van der Waals surface area contributed by atoms with Crippen LogP contribution in [0.5, 0.6) is 5.75 Å². The Morgan fingerprint density at radius 3 is 2.49 bits per heavy atom. The Morgan fingerprint density at radius 2 is 1.80 bits per heavy atom. The molecule has 5 rings (SSSR count). The fourth-order valence-electron chi connectivity index (χ4n) is 4.17. The number of amides is 1. The molecule has 0 bridgehead atoms. The van der Waals surface area contributed by atoms with Crippen molar-refractivity contribution in [3.8, 4) is 16.9 Å². The Balaban J connectivity index is 1.61. The van der Waals surface area contributed by atoms with Crippen LogP contribution in [-0.2, 0) is 18.4 Å². The Kier molecular flexibility index (Phi) is 5.82. The van der Waals surface area contributed by atoms with Crippen LogP contribution in [0, 0.1) is 6.92 Å². The van der Waals surface area contributed by atoms with E-state index >= 15 is 0 Å². The molecule has 1 amide bonds. The number of benzene rings is 2. The van der Waals surface area contributed by atoms with Crippen LogP contribution in [0.4, 0.5) is 5.69 Å². The number of aromatic nitrogens is 2. The molecule has 0 N–H and O–H groups in total. The molecular weight excluding hydrogens is 442 g/mol. The zero-order valence-electron chi connectivity index (χ0n) is 19.8. The summed E-state index contributed by atoms with van der Waals surface area (Å²) in [6, 6.07) is 17.1. The summed E-state index contributed by atoms with van der Waals surface area (Å²) >= 11 is 0. The van der Waals surface area contributed by atoms with Crippen LogP contribution in [0.3, 0.4) is 0 Å². The van der Waals surface area contributed by atoms with Crippen molar-refractivity contribution in [3.05, 3.63) is 100 Å². The summed E-state index contributed by atoms with van der Waals surface area (Å²) < 4.78 is 12.5. The maximum absolute atomic E-state index is 13.6. The maximum atomic E-state index is 13.6. The smallest absolute Gasteiger partial charge is 0.250 e. The maximum Gasteiger partial charge on any atom is 0.250 e. The lowest BCUT2D eigenvalue weighted by Gasteiger charge is -2.24. The highest BCUT2D eigenvalue weighted by Crippen LogP contribution is 2.36. The second kappa shape index (κ2) is 9.10. The molecule has 1 aliphatic heterocycles. The average molecular weight is 468 g/mol. The third-order valence-corrected chi connectivity index (χ3v) is 6.13. The number of nitrogens with zero attached hydrogens (tertiary/aromatic N) is 3. The van der Waals surface area contributed by atoms with Crippen LogP contribution >= 0.6 is 0 Å². The first kappa shape index (κ1) is 22.4. The van der Waals surface area contributed by atoms with Crippen molar-refractivity contribution >= 4 is 23.2 Å². The van der Waals surface area contributed by atoms with Crippen LogP contribution in [-0.4, -0.2) is 22.6 Å². The second-order valence-electron chi connectivity index (χ2n) is 8.59. The van der Waals surface area contributed by atoms with E-state index in [1.165, 1.54) is 4.57 Å². The first-order valence-corrected chi connectivity index (χ1v) is 11.3. The fourth-order valence-corrected chi connectivity index (χ4v) is 4.17. The van der Waals surface area contributed by atoms with Crippen LogP contribution in [0.1, 0.15) is 29.2 Å². The molecule has 0 fully saturated rings. The van der Waals surface area contributed by atoms with Gasteiger partial charge in [0.05, 0.1) is 32.0 Å². The third kappa shape index (κ3) is 4.53. The number of pyridine rings is 1. The van der Waals surface area contributed by atoms with Gasteiger partial charge in [-0.1, -0.05) is 24.3 Å². The largest absolute Gasteiger partial charge is 0.497 e. The summed E-state index contributed by atoms with van der Waals surface area (Å²) in [5.74, 6) is 1.83. The first-order chi connectivity index (χ1) is 16.9. The van der Waals surface area contributed by atoms with Crippen molar-refractivity contribution in [1.29, 1.82) is 0 Å². The molecule has 4 aromatic rings. The topological polar surface area (TPSA) is 77.6 Å². The minimum Gasteiger partial charge on any atom is -0.497 e. The normalized spacial score (nSPS) is 13.3. The van der Waals surface area contributed by atoms with Crippen molar-refractivity contribution in [2.45, 2.75) is 19.9 Å².